The van der Waals surface area contributed by atoms with E-state index in [2.05, 4.69) is 17.3 Å². The third kappa shape index (κ3) is 3.60. The summed E-state index contributed by atoms with van der Waals surface area (Å²) in [5.74, 6) is -0.0299. The smallest absolute Gasteiger partial charge is 0.291 e. The predicted molar refractivity (Wildman–Crippen MR) is 86.5 cm³/mol. The highest BCUT2D eigenvalue weighted by Gasteiger charge is 2.20. The SMILES string of the molecule is CN1CCN(C(=O)c2ccc(NC(=O)c3ccco3)cc2)CC1. The summed E-state index contributed by atoms with van der Waals surface area (Å²) in [6.45, 7) is 3.27. The van der Waals surface area contributed by atoms with Gasteiger partial charge in [-0.1, -0.05) is 0 Å². The van der Waals surface area contributed by atoms with Crippen LogP contribution in [0.5, 0.6) is 0 Å². The molecule has 1 N–H and O–H groups in total. The minimum absolute atomic E-state index is 0.0296. The van der Waals surface area contributed by atoms with Gasteiger partial charge in [-0.05, 0) is 43.4 Å². The van der Waals surface area contributed by atoms with Crippen molar-refractivity contribution in [2.24, 2.45) is 0 Å². The van der Waals surface area contributed by atoms with Crippen molar-refractivity contribution >= 4 is 17.5 Å². The van der Waals surface area contributed by atoms with Gasteiger partial charge in [-0.15, -0.1) is 0 Å². The Bertz CT molecular complexity index is 672. The van der Waals surface area contributed by atoms with Crippen molar-refractivity contribution in [1.82, 2.24) is 9.80 Å². The molecule has 1 fully saturated rings. The molecule has 2 heterocycles. The number of likely N-dealkylation sites (N-methyl/N-ethyl adjacent to an activating group) is 1. The van der Waals surface area contributed by atoms with Gasteiger partial charge in [-0.3, -0.25) is 9.59 Å². The fourth-order valence-electron chi connectivity index (χ4n) is 2.49. The number of hydrogen-bond acceptors (Lipinski definition) is 4. The van der Waals surface area contributed by atoms with Crippen LogP contribution in [0.25, 0.3) is 0 Å². The molecule has 0 saturated carbocycles. The maximum atomic E-state index is 12.4. The highest BCUT2D eigenvalue weighted by Crippen LogP contribution is 2.14. The minimum atomic E-state index is -0.312. The summed E-state index contributed by atoms with van der Waals surface area (Å²) < 4.78 is 5.04. The zero-order valence-electron chi connectivity index (χ0n) is 13.0. The Morgan fingerprint density at radius 1 is 1.04 bits per heavy atom. The lowest BCUT2D eigenvalue weighted by atomic mass is 10.1. The van der Waals surface area contributed by atoms with Gasteiger partial charge < -0.3 is 19.5 Å². The van der Waals surface area contributed by atoms with Gasteiger partial charge in [0.15, 0.2) is 5.76 Å². The van der Waals surface area contributed by atoms with Crippen LogP contribution in [0.3, 0.4) is 0 Å². The first-order valence-corrected chi connectivity index (χ1v) is 7.56. The Balaban J connectivity index is 1.62. The molecule has 0 spiro atoms. The molecule has 1 aromatic carbocycles. The Kier molecular flexibility index (Phi) is 4.43. The van der Waals surface area contributed by atoms with E-state index >= 15 is 0 Å². The number of nitrogens with zero attached hydrogens (tertiary/aromatic N) is 2. The summed E-state index contributed by atoms with van der Waals surface area (Å²) in [5.41, 5.74) is 1.26. The number of rotatable bonds is 3. The van der Waals surface area contributed by atoms with Crippen LogP contribution in [0, 0.1) is 0 Å². The molecule has 6 nitrogen and oxygen atoms in total. The average molecular weight is 313 g/mol. The molecule has 0 aliphatic carbocycles. The first-order chi connectivity index (χ1) is 11.1. The highest BCUT2D eigenvalue weighted by molar-refractivity contribution is 6.02. The number of amides is 2. The van der Waals surface area contributed by atoms with E-state index in [1.807, 2.05) is 4.90 Å². The molecule has 3 rings (SSSR count). The van der Waals surface area contributed by atoms with Gasteiger partial charge in [0.05, 0.1) is 6.26 Å². The molecule has 2 amide bonds. The van der Waals surface area contributed by atoms with Gasteiger partial charge in [0.2, 0.25) is 0 Å². The number of anilines is 1. The molecule has 2 aromatic rings. The van der Waals surface area contributed by atoms with E-state index < -0.39 is 0 Å². The molecule has 1 aromatic heterocycles. The molecule has 1 saturated heterocycles. The van der Waals surface area contributed by atoms with Crippen LogP contribution in [-0.4, -0.2) is 54.8 Å². The van der Waals surface area contributed by atoms with Crippen LogP contribution in [0.15, 0.2) is 47.1 Å². The summed E-state index contributed by atoms with van der Waals surface area (Å²) in [7, 11) is 2.05. The Hall–Kier alpha value is -2.60. The molecule has 120 valence electrons. The summed E-state index contributed by atoms with van der Waals surface area (Å²) in [6, 6.07) is 10.2. The number of hydrogen-bond donors (Lipinski definition) is 1. The lowest BCUT2D eigenvalue weighted by Gasteiger charge is -2.32. The van der Waals surface area contributed by atoms with E-state index in [1.54, 1.807) is 36.4 Å². The molecule has 0 bridgehead atoms. The van der Waals surface area contributed by atoms with E-state index in [0.29, 0.717) is 11.3 Å². The first kappa shape index (κ1) is 15.3. The fraction of sp³-hybridized carbons (Fsp3) is 0.294. The first-order valence-electron chi connectivity index (χ1n) is 7.56. The zero-order chi connectivity index (χ0) is 16.2. The highest BCUT2D eigenvalue weighted by atomic mass is 16.3. The molecular weight excluding hydrogens is 294 g/mol. The Morgan fingerprint density at radius 3 is 2.35 bits per heavy atom. The minimum Gasteiger partial charge on any atom is -0.459 e. The van der Waals surface area contributed by atoms with E-state index in [0.717, 1.165) is 26.2 Å². The number of piperazine rings is 1. The molecule has 0 unspecified atom stereocenters. The van der Waals surface area contributed by atoms with Crippen LogP contribution in [0.2, 0.25) is 0 Å². The second-order valence-corrected chi connectivity index (χ2v) is 5.60. The number of carbonyl (C=O) groups is 2. The van der Waals surface area contributed by atoms with Gasteiger partial charge in [0.1, 0.15) is 0 Å². The van der Waals surface area contributed by atoms with Crippen molar-refractivity contribution in [3.63, 3.8) is 0 Å². The van der Waals surface area contributed by atoms with E-state index in [1.165, 1.54) is 6.26 Å². The second-order valence-electron chi connectivity index (χ2n) is 5.60. The summed E-state index contributed by atoms with van der Waals surface area (Å²) in [6.07, 6.45) is 1.45. The summed E-state index contributed by atoms with van der Waals surface area (Å²) >= 11 is 0. The van der Waals surface area contributed by atoms with Crippen LogP contribution in [-0.2, 0) is 0 Å². The van der Waals surface area contributed by atoms with E-state index in [-0.39, 0.29) is 17.6 Å². The quantitative estimate of drug-likeness (QED) is 0.940. The van der Waals surface area contributed by atoms with Gasteiger partial charge >= 0.3 is 0 Å². The predicted octanol–water partition coefficient (Wildman–Crippen LogP) is 1.92. The third-order valence-corrected chi connectivity index (χ3v) is 3.93. The maximum absolute atomic E-state index is 12.4. The fourth-order valence-corrected chi connectivity index (χ4v) is 2.49. The largest absolute Gasteiger partial charge is 0.459 e. The Labute approximate surface area is 134 Å². The molecule has 23 heavy (non-hydrogen) atoms. The van der Waals surface area contributed by atoms with E-state index in [9.17, 15) is 9.59 Å². The summed E-state index contributed by atoms with van der Waals surface area (Å²) in [4.78, 5) is 28.4. The van der Waals surface area contributed by atoms with Gasteiger partial charge in [0, 0.05) is 37.4 Å². The van der Waals surface area contributed by atoms with Gasteiger partial charge in [-0.25, -0.2) is 0 Å². The molecule has 0 radical (unpaired) electrons. The van der Waals surface area contributed by atoms with Crippen molar-refractivity contribution in [3.05, 3.63) is 54.0 Å². The number of furan rings is 1. The van der Waals surface area contributed by atoms with Crippen molar-refractivity contribution in [2.45, 2.75) is 0 Å². The van der Waals surface area contributed by atoms with Crippen LogP contribution in [0.4, 0.5) is 5.69 Å². The molecule has 6 heteroatoms. The monoisotopic (exact) mass is 313 g/mol. The van der Waals surface area contributed by atoms with Gasteiger partial charge in [0.25, 0.3) is 11.8 Å². The average Bonchev–Trinajstić information content (AvgIpc) is 3.10. The van der Waals surface area contributed by atoms with Crippen molar-refractivity contribution in [2.75, 3.05) is 38.5 Å². The summed E-state index contributed by atoms with van der Waals surface area (Å²) in [5, 5.41) is 2.73. The zero-order valence-corrected chi connectivity index (χ0v) is 13.0. The van der Waals surface area contributed by atoms with Gasteiger partial charge in [-0.2, -0.15) is 0 Å². The number of carbonyl (C=O) groups excluding carboxylic acids is 2. The molecule has 1 aliphatic rings. The normalized spacial score (nSPS) is 15.4. The van der Waals surface area contributed by atoms with Crippen molar-refractivity contribution in [1.29, 1.82) is 0 Å². The molecular formula is C17H19N3O3. The second kappa shape index (κ2) is 6.66. The van der Waals surface area contributed by atoms with Crippen LogP contribution < -0.4 is 5.32 Å². The Morgan fingerprint density at radius 2 is 1.74 bits per heavy atom. The van der Waals surface area contributed by atoms with Crippen molar-refractivity contribution < 1.29 is 14.0 Å². The molecule has 0 atom stereocenters. The topological polar surface area (TPSA) is 65.8 Å². The van der Waals surface area contributed by atoms with Crippen LogP contribution >= 0.6 is 0 Å². The van der Waals surface area contributed by atoms with Crippen LogP contribution in [0.1, 0.15) is 20.9 Å². The van der Waals surface area contributed by atoms with Crippen molar-refractivity contribution in [3.8, 4) is 0 Å². The van der Waals surface area contributed by atoms with E-state index in [4.69, 9.17) is 4.42 Å². The lowest BCUT2D eigenvalue weighted by molar-refractivity contribution is 0.0664. The number of nitrogens with one attached hydrogen (secondary N) is 1. The standard InChI is InChI=1S/C17H19N3O3/c1-19-8-10-20(11-9-19)17(22)13-4-6-14(7-5-13)18-16(21)15-3-2-12-23-15/h2-7,12H,8-11H2,1H3,(H,18,21). The third-order valence-electron chi connectivity index (χ3n) is 3.93. The molecule has 1 aliphatic heterocycles. The maximum Gasteiger partial charge on any atom is 0.291 e. The number of benzene rings is 1. The lowest BCUT2D eigenvalue weighted by Crippen LogP contribution is -2.47.